The summed E-state index contributed by atoms with van der Waals surface area (Å²) in [7, 11) is 0. The van der Waals surface area contributed by atoms with E-state index < -0.39 is 0 Å². The molecule has 0 saturated heterocycles. The standard InChI is InChI=1S/C12H8Br2N2/c13-7-9-1-3-10(4-2-9)16-11(8-15)5-6-12(16)14/h1-6H,7H2. The Morgan fingerprint density at radius 2 is 1.81 bits per heavy atom. The third kappa shape index (κ3) is 2.06. The van der Waals surface area contributed by atoms with Crippen LogP contribution in [0.3, 0.4) is 0 Å². The summed E-state index contributed by atoms with van der Waals surface area (Å²) >= 11 is 6.84. The average Bonchev–Trinajstić information content (AvgIpc) is 2.70. The summed E-state index contributed by atoms with van der Waals surface area (Å²) < 4.78 is 2.76. The topological polar surface area (TPSA) is 28.7 Å². The Kier molecular flexibility index (Phi) is 3.47. The first kappa shape index (κ1) is 11.4. The molecule has 0 aliphatic heterocycles. The van der Waals surface area contributed by atoms with Crippen molar-refractivity contribution in [1.29, 1.82) is 5.26 Å². The maximum Gasteiger partial charge on any atom is 0.125 e. The van der Waals surface area contributed by atoms with Gasteiger partial charge in [-0.15, -0.1) is 0 Å². The summed E-state index contributed by atoms with van der Waals surface area (Å²) in [6.07, 6.45) is 0. The molecule has 0 aliphatic carbocycles. The number of nitriles is 1. The molecule has 0 unspecified atom stereocenters. The van der Waals surface area contributed by atoms with E-state index in [9.17, 15) is 0 Å². The van der Waals surface area contributed by atoms with Crippen LogP contribution in [-0.2, 0) is 5.33 Å². The minimum Gasteiger partial charge on any atom is -0.295 e. The average molecular weight is 340 g/mol. The summed E-state index contributed by atoms with van der Waals surface area (Å²) in [5, 5.41) is 9.83. The molecule has 0 bridgehead atoms. The molecule has 0 fully saturated rings. The Morgan fingerprint density at radius 3 is 2.38 bits per heavy atom. The van der Waals surface area contributed by atoms with E-state index in [1.807, 2.05) is 34.9 Å². The van der Waals surface area contributed by atoms with Crippen LogP contribution in [0.1, 0.15) is 11.3 Å². The smallest absolute Gasteiger partial charge is 0.125 e. The summed E-state index contributed by atoms with van der Waals surface area (Å²) in [5.41, 5.74) is 2.82. The van der Waals surface area contributed by atoms with Gasteiger partial charge in [-0.2, -0.15) is 5.26 Å². The second-order valence-corrected chi connectivity index (χ2v) is 4.66. The molecular formula is C12H8Br2N2. The summed E-state index contributed by atoms with van der Waals surface area (Å²) in [5.74, 6) is 0. The highest BCUT2D eigenvalue weighted by molar-refractivity contribution is 9.10. The van der Waals surface area contributed by atoms with E-state index in [2.05, 4.69) is 37.9 Å². The van der Waals surface area contributed by atoms with Crippen molar-refractivity contribution >= 4 is 31.9 Å². The van der Waals surface area contributed by atoms with Gasteiger partial charge < -0.3 is 0 Å². The number of nitrogens with zero attached hydrogens (tertiary/aromatic N) is 2. The van der Waals surface area contributed by atoms with Crippen LogP contribution in [0.2, 0.25) is 0 Å². The van der Waals surface area contributed by atoms with Gasteiger partial charge in [-0.3, -0.25) is 4.57 Å². The number of benzene rings is 1. The molecule has 1 aromatic heterocycles. The van der Waals surface area contributed by atoms with Crippen molar-refractivity contribution in [2.45, 2.75) is 5.33 Å². The van der Waals surface area contributed by atoms with E-state index in [1.165, 1.54) is 5.56 Å². The van der Waals surface area contributed by atoms with Gasteiger partial charge >= 0.3 is 0 Å². The van der Waals surface area contributed by atoms with Gasteiger partial charge in [0.2, 0.25) is 0 Å². The van der Waals surface area contributed by atoms with Crippen LogP contribution in [0.5, 0.6) is 0 Å². The number of halogens is 2. The van der Waals surface area contributed by atoms with E-state index in [1.54, 1.807) is 6.07 Å². The normalized spacial score (nSPS) is 10.1. The zero-order chi connectivity index (χ0) is 11.5. The number of aromatic nitrogens is 1. The molecule has 0 aliphatic rings. The van der Waals surface area contributed by atoms with E-state index in [-0.39, 0.29) is 0 Å². The van der Waals surface area contributed by atoms with E-state index in [0.29, 0.717) is 5.69 Å². The van der Waals surface area contributed by atoms with Gasteiger partial charge in [-0.1, -0.05) is 28.1 Å². The SMILES string of the molecule is N#Cc1ccc(Br)n1-c1ccc(CBr)cc1. The number of rotatable bonds is 2. The molecule has 16 heavy (non-hydrogen) atoms. The fraction of sp³-hybridized carbons (Fsp3) is 0.0833. The molecule has 1 heterocycles. The van der Waals surface area contributed by atoms with Crippen LogP contribution >= 0.6 is 31.9 Å². The van der Waals surface area contributed by atoms with Crippen LogP contribution in [0.4, 0.5) is 0 Å². The molecule has 2 rings (SSSR count). The summed E-state index contributed by atoms with van der Waals surface area (Å²) in [6.45, 7) is 0. The Balaban J connectivity index is 2.50. The Bertz CT molecular complexity index is 535. The second kappa shape index (κ2) is 4.86. The van der Waals surface area contributed by atoms with Gasteiger partial charge in [0, 0.05) is 11.0 Å². The number of hydrogen-bond donors (Lipinski definition) is 0. The fourth-order valence-corrected chi connectivity index (χ4v) is 2.40. The van der Waals surface area contributed by atoms with Crippen molar-refractivity contribution in [3.8, 4) is 11.8 Å². The molecule has 2 aromatic rings. The van der Waals surface area contributed by atoms with Crippen LogP contribution in [-0.4, -0.2) is 4.57 Å². The molecule has 0 spiro atoms. The van der Waals surface area contributed by atoms with Crippen molar-refractivity contribution < 1.29 is 0 Å². The fourth-order valence-electron chi connectivity index (χ4n) is 1.50. The number of hydrogen-bond acceptors (Lipinski definition) is 1. The van der Waals surface area contributed by atoms with Crippen molar-refractivity contribution in [2.24, 2.45) is 0 Å². The largest absolute Gasteiger partial charge is 0.295 e. The Labute approximate surface area is 111 Å². The molecule has 0 amide bonds. The van der Waals surface area contributed by atoms with Gasteiger partial charge in [0.15, 0.2) is 0 Å². The molecule has 1 aromatic carbocycles. The molecule has 0 radical (unpaired) electrons. The summed E-state index contributed by atoms with van der Waals surface area (Å²) in [4.78, 5) is 0. The molecule has 2 nitrogen and oxygen atoms in total. The van der Waals surface area contributed by atoms with E-state index >= 15 is 0 Å². The van der Waals surface area contributed by atoms with E-state index in [4.69, 9.17) is 5.26 Å². The van der Waals surface area contributed by atoms with Crippen molar-refractivity contribution in [2.75, 3.05) is 0 Å². The Morgan fingerprint density at radius 1 is 1.12 bits per heavy atom. The lowest BCUT2D eigenvalue weighted by molar-refractivity contribution is 1.02. The van der Waals surface area contributed by atoms with Crippen molar-refractivity contribution in [3.63, 3.8) is 0 Å². The second-order valence-electron chi connectivity index (χ2n) is 3.29. The third-order valence-electron chi connectivity index (χ3n) is 2.30. The lowest BCUT2D eigenvalue weighted by atomic mass is 10.2. The molecule has 0 N–H and O–H groups in total. The highest BCUT2D eigenvalue weighted by Gasteiger charge is 2.07. The highest BCUT2D eigenvalue weighted by Crippen LogP contribution is 2.22. The Hall–Kier alpha value is -1.05. The molecule has 80 valence electrons. The lowest BCUT2D eigenvalue weighted by Gasteiger charge is -2.07. The van der Waals surface area contributed by atoms with E-state index in [0.717, 1.165) is 15.6 Å². The van der Waals surface area contributed by atoms with Crippen molar-refractivity contribution in [3.05, 3.63) is 52.3 Å². The van der Waals surface area contributed by atoms with Gasteiger partial charge in [0.25, 0.3) is 0 Å². The van der Waals surface area contributed by atoms with Crippen LogP contribution in [0.25, 0.3) is 5.69 Å². The molecule has 0 saturated carbocycles. The van der Waals surface area contributed by atoms with Crippen LogP contribution in [0.15, 0.2) is 41.0 Å². The quantitative estimate of drug-likeness (QED) is 0.760. The van der Waals surface area contributed by atoms with Gasteiger partial charge in [0.05, 0.1) is 4.60 Å². The number of alkyl halides is 1. The van der Waals surface area contributed by atoms with Gasteiger partial charge in [-0.25, -0.2) is 0 Å². The van der Waals surface area contributed by atoms with Crippen LogP contribution < -0.4 is 0 Å². The summed E-state index contributed by atoms with van der Waals surface area (Å²) in [6, 6.07) is 13.9. The molecule has 0 atom stereocenters. The maximum absolute atomic E-state index is 8.99. The highest BCUT2D eigenvalue weighted by atomic mass is 79.9. The maximum atomic E-state index is 8.99. The zero-order valence-corrected chi connectivity index (χ0v) is 11.5. The first-order valence-electron chi connectivity index (χ1n) is 4.69. The monoisotopic (exact) mass is 338 g/mol. The minimum absolute atomic E-state index is 0.624. The predicted molar refractivity (Wildman–Crippen MR) is 70.8 cm³/mol. The first-order valence-corrected chi connectivity index (χ1v) is 6.60. The van der Waals surface area contributed by atoms with Gasteiger partial charge in [-0.05, 0) is 45.8 Å². The third-order valence-corrected chi connectivity index (χ3v) is 3.56. The lowest BCUT2D eigenvalue weighted by Crippen LogP contribution is -1.97. The molecular weight excluding hydrogens is 332 g/mol. The first-order chi connectivity index (χ1) is 7.76. The molecule has 4 heteroatoms. The zero-order valence-electron chi connectivity index (χ0n) is 8.32. The van der Waals surface area contributed by atoms with Crippen LogP contribution in [0, 0.1) is 11.3 Å². The minimum atomic E-state index is 0.624. The van der Waals surface area contributed by atoms with Gasteiger partial charge in [0.1, 0.15) is 11.8 Å². The van der Waals surface area contributed by atoms with Crippen molar-refractivity contribution in [1.82, 2.24) is 4.57 Å². The predicted octanol–water partition coefficient (Wildman–Crippen LogP) is 4.01.